The van der Waals surface area contributed by atoms with Crippen LogP contribution in [0.25, 0.3) is 0 Å². The van der Waals surface area contributed by atoms with Gasteiger partial charge in [0.2, 0.25) is 11.4 Å². The lowest BCUT2D eigenvalue weighted by Gasteiger charge is -2.19. The molecule has 0 fully saturated rings. The van der Waals surface area contributed by atoms with Gasteiger partial charge in [-0.2, -0.15) is 9.68 Å². The van der Waals surface area contributed by atoms with E-state index in [4.69, 9.17) is 14.6 Å². The van der Waals surface area contributed by atoms with Crippen LogP contribution in [0.4, 0.5) is 22.7 Å². The van der Waals surface area contributed by atoms with Crippen LogP contribution in [0.1, 0.15) is 17.5 Å². The second kappa shape index (κ2) is 17.2. The molecule has 4 aromatic rings. The van der Waals surface area contributed by atoms with Crippen LogP contribution >= 0.6 is 0 Å². The average Bonchev–Trinajstić information content (AvgIpc) is 3.13. The first-order chi connectivity index (χ1) is 23.1. The van der Waals surface area contributed by atoms with E-state index in [1.807, 2.05) is 47.6 Å². The van der Waals surface area contributed by atoms with E-state index in [1.165, 1.54) is 11.6 Å². The molecule has 0 heterocycles. The Morgan fingerprint density at radius 3 is 1.85 bits per heavy atom. The number of benzene rings is 4. The van der Waals surface area contributed by atoms with Gasteiger partial charge in [-0.3, -0.25) is 0 Å². The average molecular weight is 623 g/mol. The summed E-state index contributed by atoms with van der Waals surface area (Å²) < 4.78 is 13.0. The molecule has 1 aliphatic carbocycles. The zero-order chi connectivity index (χ0) is 32.7. The lowest BCUT2D eigenvalue weighted by atomic mass is 10.0. The molecule has 5 rings (SSSR count). The molecule has 0 unspecified atom stereocenters. The molecule has 47 heavy (non-hydrogen) atoms. The summed E-state index contributed by atoms with van der Waals surface area (Å²) in [5.74, 6) is -0.408. The highest BCUT2D eigenvalue weighted by molar-refractivity contribution is 6.04. The molecule has 6 heteroatoms. The predicted octanol–water partition coefficient (Wildman–Crippen LogP) is 8.69. The molecule has 0 atom stereocenters. The van der Waals surface area contributed by atoms with Crippen molar-refractivity contribution in [2.45, 2.75) is 19.3 Å². The van der Waals surface area contributed by atoms with Crippen LogP contribution in [0.15, 0.2) is 163 Å². The first-order valence-electron chi connectivity index (χ1n) is 15.8. The van der Waals surface area contributed by atoms with Crippen LogP contribution < -0.4 is 9.58 Å². The predicted molar refractivity (Wildman–Crippen MR) is 194 cm³/mol. The zero-order valence-electron chi connectivity index (χ0n) is 26.6. The van der Waals surface area contributed by atoms with E-state index in [9.17, 15) is 4.79 Å². The van der Waals surface area contributed by atoms with Gasteiger partial charge in [0.1, 0.15) is 0 Å². The van der Waals surface area contributed by atoms with Crippen LogP contribution in [0, 0.1) is 0 Å². The number of ether oxygens (including phenoxy) is 2. The van der Waals surface area contributed by atoms with Gasteiger partial charge in [0.15, 0.2) is 5.71 Å². The number of rotatable bonds is 15. The Balaban J connectivity index is 1.39. The summed E-state index contributed by atoms with van der Waals surface area (Å²) in [6, 6.07) is 37.3. The Bertz CT molecular complexity index is 1720. The fourth-order valence-electron chi connectivity index (χ4n) is 5.15. The molecule has 4 aromatic carbocycles. The van der Waals surface area contributed by atoms with Gasteiger partial charge >= 0.3 is 5.97 Å². The van der Waals surface area contributed by atoms with Crippen molar-refractivity contribution in [3.8, 4) is 0 Å². The number of anilines is 2. The molecule has 0 saturated carbocycles. The minimum Gasteiger partial charge on any atom is -0.462 e. The number of esters is 1. The lowest BCUT2D eigenvalue weighted by Crippen LogP contribution is -2.17. The summed E-state index contributed by atoms with van der Waals surface area (Å²) in [7, 11) is 0. The number of carbonyl (C=O) groups is 1. The molecular weight excluding hydrogens is 582 g/mol. The SMILES string of the molecule is C=CCOCCc1ccc([N+](=C2C=CC(C=NN(c3ccccc3)c3ccccc3)=CC2)c2ccc(CCOC(=O)C=C)cc2)cc1. The van der Waals surface area contributed by atoms with Crippen LogP contribution in [0.5, 0.6) is 0 Å². The Labute approximate surface area is 277 Å². The number of hydrazone groups is 1. The van der Waals surface area contributed by atoms with Crippen LogP contribution in [0.2, 0.25) is 0 Å². The quantitative estimate of drug-likeness (QED) is 0.0253. The highest BCUT2D eigenvalue weighted by Gasteiger charge is 2.21. The number of hydrogen-bond acceptors (Lipinski definition) is 5. The summed E-state index contributed by atoms with van der Waals surface area (Å²) in [5.41, 5.74) is 8.57. The number of carbonyl (C=O) groups excluding carboxylic acids is 1. The molecule has 0 bridgehead atoms. The number of para-hydroxylation sites is 2. The minimum atomic E-state index is -0.408. The second-order valence-electron chi connectivity index (χ2n) is 10.9. The third kappa shape index (κ3) is 9.45. The van der Waals surface area contributed by atoms with Gasteiger partial charge < -0.3 is 9.47 Å². The highest BCUT2D eigenvalue weighted by Crippen LogP contribution is 2.27. The van der Waals surface area contributed by atoms with Gasteiger partial charge in [0.05, 0.1) is 43.8 Å². The lowest BCUT2D eigenvalue weighted by molar-refractivity contribution is -0.137. The summed E-state index contributed by atoms with van der Waals surface area (Å²) in [6.07, 6.45) is 13.5. The highest BCUT2D eigenvalue weighted by atomic mass is 16.5. The first kappa shape index (κ1) is 32.8. The van der Waals surface area contributed by atoms with Crippen molar-refractivity contribution >= 4 is 40.6 Å². The maximum Gasteiger partial charge on any atom is 0.330 e. The number of nitrogens with zero attached hydrogens (tertiary/aromatic N) is 3. The van der Waals surface area contributed by atoms with Crippen molar-refractivity contribution in [2.75, 3.05) is 24.8 Å². The molecule has 0 saturated heterocycles. The Morgan fingerprint density at radius 2 is 1.34 bits per heavy atom. The molecule has 0 radical (unpaired) electrons. The van der Waals surface area contributed by atoms with Crippen molar-refractivity contribution < 1.29 is 14.3 Å². The normalized spacial score (nSPS) is 13.6. The van der Waals surface area contributed by atoms with Crippen molar-refractivity contribution in [2.24, 2.45) is 5.10 Å². The summed E-state index contributed by atoms with van der Waals surface area (Å²) in [4.78, 5) is 11.4. The molecule has 6 nitrogen and oxygen atoms in total. The molecule has 1 aliphatic rings. The molecule has 236 valence electrons. The Hall–Kier alpha value is -5.59. The number of allylic oxidation sites excluding steroid dienone is 4. The zero-order valence-corrected chi connectivity index (χ0v) is 26.6. The Kier molecular flexibility index (Phi) is 12.0. The van der Waals surface area contributed by atoms with Gasteiger partial charge in [-0.15, -0.1) is 6.58 Å². The van der Waals surface area contributed by atoms with Gasteiger partial charge in [-0.05, 0) is 53.5 Å². The largest absolute Gasteiger partial charge is 0.462 e. The maximum absolute atomic E-state index is 11.4. The van der Waals surface area contributed by atoms with Crippen LogP contribution in [-0.4, -0.2) is 37.7 Å². The van der Waals surface area contributed by atoms with Crippen LogP contribution in [0.3, 0.4) is 0 Å². The standard InChI is InChI=1S/C41H40N3O3/c1-3-29-46-30-27-33-15-21-36(22-16-33)43(37-23-17-34(18-24-37)28-31-47-41(45)4-2)38-25-19-35(20-26-38)32-42-44(39-11-7-5-8-12-39)40-13-9-6-10-14-40/h3-25,32H,1-2,26-31H2/q+1. The third-order valence-corrected chi connectivity index (χ3v) is 7.59. The maximum atomic E-state index is 11.4. The molecular formula is C41H40N3O3+. The molecule has 0 aromatic heterocycles. The van der Waals surface area contributed by atoms with E-state index < -0.39 is 5.97 Å². The fourth-order valence-corrected chi connectivity index (χ4v) is 5.15. The van der Waals surface area contributed by atoms with Gasteiger partial charge in [0.25, 0.3) is 0 Å². The monoisotopic (exact) mass is 622 g/mol. The molecule has 0 spiro atoms. The number of hydrogen-bond donors (Lipinski definition) is 0. The van der Waals surface area contributed by atoms with Crippen molar-refractivity contribution in [1.29, 1.82) is 0 Å². The van der Waals surface area contributed by atoms with E-state index in [1.54, 1.807) is 6.08 Å². The smallest absolute Gasteiger partial charge is 0.330 e. The minimum absolute atomic E-state index is 0.313. The van der Waals surface area contributed by atoms with Crippen molar-refractivity contribution in [3.05, 3.63) is 169 Å². The summed E-state index contributed by atoms with van der Waals surface area (Å²) >= 11 is 0. The topological polar surface area (TPSA) is 54.1 Å². The molecule has 0 aliphatic heterocycles. The van der Waals surface area contributed by atoms with Crippen LogP contribution in [-0.2, 0) is 27.1 Å². The van der Waals surface area contributed by atoms with E-state index in [2.05, 4.69) is 109 Å². The Morgan fingerprint density at radius 1 is 0.766 bits per heavy atom. The summed E-state index contributed by atoms with van der Waals surface area (Å²) in [6.45, 7) is 8.69. The van der Waals surface area contributed by atoms with E-state index in [0.717, 1.165) is 52.4 Å². The van der Waals surface area contributed by atoms with Gasteiger partial charge in [-0.1, -0.05) is 79.4 Å². The fraction of sp³-hybridized carbons (Fsp3) is 0.146. The van der Waals surface area contributed by atoms with E-state index in [0.29, 0.717) is 26.2 Å². The van der Waals surface area contributed by atoms with Crippen molar-refractivity contribution in [3.63, 3.8) is 0 Å². The van der Waals surface area contributed by atoms with E-state index in [-0.39, 0.29) is 0 Å². The molecule has 0 N–H and O–H groups in total. The van der Waals surface area contributed by atoms with Gasteiger partial charge in [-0.25, -0.2) is 9.80 Å². The second-order valence-corrected chi connectivity index (χ2v) is 10.9. The first-order valence-corrected chi connectivity index (χ1v) is 15.8. The van der Waals surface area contributed by atoms with E-state index >= 15 is 0 Å². The molecule has 0 amide bonds. The third-order valence-electron chi connectivity index (χ3n) is 7.59. The van der Waals surface area contributed by atoms with Gasteiger partial charge in [0, 0.05) is 42.8 Å². The van der Waals surface area contributed by atoms with Crippen molar-refractivity contribution in [1.82, 2.24) is 4.58 Å². The summed E-state index contributed by atoms with van der Waals surface area (Å²) in [5, 5.41) is 6.83.